The number of benzene rings is 1. The van der Waals surface area contributed by atoms with Crippen molar-refractivity contribution in [2.45, 2.75) is 26.3 Å². The average Bonchev–Trinajstić information content (AvgIpc) is 2.86. The Kier molecular flexibility index (Phi) is 4.75. The second-order valence-corrected chi connectivity index (χ2v) is 5.60. The number of hydrogen-bond acceptors (Lipinski definition) is 3. The number of nitrogens with two attached hydrogens (primary N) is 1. The molecule has 2 atom stereocenters. The molecule has 0 bridgehead atoms. The van der Waals surface area contributed by atoms with Crippen LogP contribution in [0.2, 0.25) is 0 Å². The van der Waals surface area contributed by atoms with Gasteiger partial charge in [-0.15, -0.1) is 0 Å². The third kappa shape index (κ3) is 4.16. The van der Waals surface area contributed by atoms with E-state index in [1.165, 1.54) is 0 Å². The first kappa shape index (κ1) is 15.3. The maximum Gasteiger partial charge on any atom is 0.231 e. The van der Waals surface area contributed by atoms with E-state index in [2.05, 4.69) is 10.6 Å². The monoisotopic (exact) mass is 287 g/mol. The minimum atomic E-state index is -0.186. The Morgan fingerprint density at radius 1 is 1.19 bits per heavy atom. The van der Waals surface area contributed by atoms with Crippen molar-refractivity contribution < 1.29 is 9.59 Å². The smallest absolute Gasteiger partial charge is 0.231 e. The van der Waals surface area contributed by atoms with Gasteiger partial charge in [0.1, 0.15) is 0 Å². The fourth-order valence-electron chi connectivity index (χ4n) is 2.12. The topological polar surface area (TPSA) is 84.2 Å². The summed E-state index contributed by atoms with van der Waals surface area (Å²) in [5.74, 6) is -0.406. The van der Waals surface area contributed by atoms with Crippen molar-refractivity contribution >= 4 is 23.2 Å². The normalized spacial score (nSPS) is 20.6. The van der Waals surface area contributed by atoms with Crippen LogP contribution in [0.4, 0.5) is 11.4 Å². The second kappa shape index (κ2) is 6.54. The molecule has 0 fully saturated rings. The molecule has 4 N–H and O–H groups in total. The van der Waals surface area contributed by atoms with Gasteiger partial charge < -0.3 is 16.4 Å². The molecule has 0 saturated carbocycles. The van der Waals surface area contributed by atoms with Crippen molar-refractivity contribution in [3.63, 3.8) is 0 Å². The van der Waals surface area contributed by atoms with Gasteiger partial charge in [-0.1, -0.05) is 32.1 Å². The van der Waals surface area contributed by atoms with Crippen LogP contribution < -0.4 is 16.4 Å². The molecule has 1 aromatic carbocycles. The van der Waals surface area contributed by atoms with Crippen LogP contribution in [0.5, 0.6) is 0 Å². The molecule has 0 saturated heterocycles. The van der Waals surface area contributed by atoms with Gasteiger partial charge in [0.05, 0.1) is 5.92 Å². The highest BCUT2D eigenvalue weighted by Gasteiger charge is 2.22. The van der Waals surface area contributed by atoms with E-state index in [4.69, 9.17) is 5.73 Å². The van der Waals surface area contributed by atoms with Gasteiger partial charge in [0, 0.05) is 23.3 Å². The molecule has 1 aromatic rings. The first-order chi connectivity index (χ1) is 9.95. The van der Waals surface area contributed by atoms with E-state index in [0.717, 1.165) is 0 Å². The molecule has 1 aliphatic rings. The molecule has 0 radical (unpaired) electrons. The maximum absolute atomic E-state index is 12.1. The van der Waals surface area contributed by atoms with Crippen molar-refractivity contribution in [1.82, 2.24) is 0 Å². The number of hydrogen-bond donors (Lipinski definition) is 3. The van der Waals surface area contributed by atoms with Crippen LogP contribution in [0.1, 0.15) is 20.3 Å². The van der Waals surface area contributed by atoms with Gasteiger partial charge in [-0.25, -0.2) is 0 Å². The van der Waals surface area contributed by atoms with Gasteiger partial charge >= 0.3 is 0 Å². The number of carbonyl (C=O) groups is 2. The van der Waals surface area contributed by atoms with Crippen LogP contribution in [0.15, 0.2) is 36.4 Å². The molecule has 112 valence electrons. The minimum Gasteiger partial charge on any atom is -0.326 e. The summed E-state index contributed by atoms with van der Waals surface area (Å²) in [7, 11) is 0. The molecule has 0 aliphatic heterocycles. The van der Waals surface area contributed by atoms with Crippen LogP contribution >= 0.6 is 0 Å². The zero-order chi connectivity index (χ0) is 15.4. The summed E-state index contributed by atoms with van der Waals surface area (Å²) in [6.07, 6.45) is 4.32. The Bertz CT molecular complexity index is 566. The van der Waals surface area contributed by atoms with Crippen molar-refractivity contribution in [3.8, 4) is 0 Å². The highest BCUT2D eigenvalue weighted by molar-refractivity contribution is 5.96. The summed E-state index contributed by atoms with van der Waals surface area (Å²) in [4.78, 5) is 23.8. The molecular formula is C16H21N3O2. The zero-order valence-corrected chi connectivity index (χ0v) is 12.3. The molecular weight excluding hydrogens is 266 g/mol. The Balaban J connectivity index is 1.99. The molecule has 0 aromatic heterocycles. The molecule has 5 heteroatoms. The number of amides is 2. The summed E-state index contributed by atoms with van der Waals surface area (Å²) in [5.41, 5.74) is 7.08. The quantitative estimate of drug-likeness (QED) is 0.742. The van der Waals surface area contributed by atoms with E-state index >= 15 is 0 Å². The third-order valence-corrected chi connectivity index (χ3v) is 3.38. The van der Waals surface area contributed by atoms with Crippen molar-refractivity contribution in [1.29, 1.82) is 0 Å². The third-order valence-electron chi connectivity index (χ3n) is 3.38. The lowest BCUT2D eigenvalue weighted by atomic mass is 10.1. The molecule has 2 rings (SSSR count). The van der Waals surface area contributed by atoms with Crippen molar-refractivity contribution in [2.24, 2.45) is 17.6 Å². The predicted octanol–water partition coefficient (Wildman–Crippen LogP) is 2.12. The highest BCUT2D eigenvalue weighted by atomic mass is 16.2. The Morgan fingerprint density at radius 3 is 2.43 bits per heavy atom. The second-order valence-electron chi connectivity index (χ2n) is 5.60. The Morgan fingerprint density at radius 2 is 1.86 bits per heavy atom. The van der Waals surface area contributed by atoms with Gasteiger partial charge in [0.2, 0.25) is 11.8 Å². The van der Waals surface area contributed by atoms with E-state index in [-0.39, 0.29) is 29.7 Å². The van der Waals surface area contributed by atoms with E-state index in [1.807, 2.05) is 26.0 Å². The Hall–Kier alpha value is -2.14. The van der Waals surface area contributed by atoms with Crippen LogP contribution in [0.3, 0.4) is 0 Å². The van der Waals surface area contributed by atoms with Crippen molar-refractivity contribution in [2.75, 3.05) is 10.6 Å². The van der Waals surface area contributed by atoms with Crippen LogP contribution in [-0.2, 0) is 9.59 Å². The summed E-state index contributed by atoms with van der Waals surface area (Å²) in [6.45, 7) is 3.66. The first-order valence-corrected chi connectivity index (χ1v) is 7.11. The molecule has 1 aliphatic carbocycles. The number of carbonyl (C=O) groups excluding carboxylic acids is 2. The molecule has 5 nitrogen and oxygen atoms in total. The number of rotatable bonds is 4. The van der Waals surface area contributed by atoms with E-state index < -0.39 is 0 Å². The summed E-state index contributed by atoms with van der Waals surface area (Å²) in [5, 5.41) is 5.66. The molecule has 2 amide bonds. The fraction of sp³-hybridized carbons (Fsp3) is 0.375. The first-order valence-electron chi connectivity index (χ1n) is 7.11. The van der Waals surface area contributed by atoms with Crippen molar-refractivity contribution in [3.05, 3.63) is 36.4 Å². The lowest BCUT2D eigenvalue weighted by molar-refractivity contribution is -0.119. The van der Waals surface area contributed by atoms with Crippen LogP contribution in [0, 0.1) is 11.8 Å². The molecule has 2 unspecified atom stereocenters. The summed E-state index contributed by atoms with van der Waals surface area (Å²) < 4.78 is 0. The fourth-order valence-corrected chi connectivity index (χ4v) is 2.12. The zero-order valence-electron chi connectivity index (χ0n) is 12.3. The molecule has 21 heavy (non-hydrogen) atoms. The standard InChI is InChI=1S/C16H21N3O2/c1-10(2)15(20)18-13-4-3-5-14(9-13)19-16(21)11-6-7-12(17)8-11/h3-7,9-12H,8,17H2,1-2H3,(H,18,20)(H,19,21). The predicted molar refractivity (Wildman–Crippen MR) is 83.8 cm³/mol. The molecule has 0 heterocycles. The minimum absolute atomic E-state index is 0.0441. The maximum atomic E-state index is 12.1. The lowest BCUT2D eigenvalue weighted by Crippen LogP contribution is -2.24. The van der Waals surface area contributed by atoms with Gasteiger partial charge in [0.15, 0.2) is 0 Å². The summed E-state index contributed by atoms with van der Waals surface area (Å²) in [6, 6.07) is 7.08. The van der Waals surface area contributed by atoms with Gasteiger partial charge in [0.25, 0.3) is 0 Å². The average molecular weight is 287 g/mol. The number of nitrogens with one attached hydrogen (secondary N) is 2. The highest BCUT2D eigenvalue weighted by Crippen LogP contribution is 2.20. The van der Waals surface area contributed by atoms with E-state index in [0.29, 0.717) is 17.8 Å². The SMILES string of the molecule is CC(C)C(=O)Nc1cccc(NC(=O)C2C=CC(N)C2)c1. The van der Waals surface area contributed by atoms with Crippen LogP contribution in [0.25, 0.3) is 0 Å². The van der Waals surface area contributed by atoms with Gasteiger partial charge in [-0.05, 0) is 24.6 Å². The van der Waals surface area contributed by atoms with Crippen LogP contribution in [-0.4, -0.2) is 17.9 Å². The van der Waals surface area contributed by atoms with E-state index in [1.54, 1.807) is 24.3 Å². The van der Waals surface area contributed by atoms with Gasteiger partial charge in [-0.2, -0.15) is 0 Å². The van der Waals surface area contributed by atoms with Gasteiger partial charge in [-0.3, -0.25) is 9.59 Å². The largest absolute Gasteiger partial charge is 0.326 e. The Labute approximate surface area is 124 Å². The lowest BCUT2D eigenvalue weighted by Gasteiger charge is -2.12. The van der Waals surface area contributed by atoms with E-state index in [9.17, 15) is 9.59 Å². The number of anilines is 2. The summed E-state index contributed by atoms with van der Waals surface area (Å²) >= 11 is 0. The molecule has 0 spiro atoms.